The highest BCUT2D eigenvalue weighted by Gasteiger charge is 2.15. The molecule has 0 heterocycles. The maximum atomic E-state index is 12.3. The second-order valence-electron chi connectivity index (χ2n) is 6.06. The number of rotatable bonds is 8. The van der Waals surface area contributed by atoms with Crippen LogP contribution in [0.15, 0.2) is 54.6 Å². The highest BCUT2D eigenvalue weighted by molar-refractivity contribution is 5.93. The van der Waals surface area contributed by atoms with Gasteiger partial charge in [-0.3, -0.25) is 14.5 Å². The number of carbonyl (C=O) groups excluding carboxylic acids is 2. The van der Waals surface area contributed by atoms with Gasteiger partial charge in [-0.1, -0.05) is 37.3 Å². The number of carbonyl (C=O) groups is 2. The zero-order valence-corrected chi connectivity index (χ0v) is 15.1. The number of nitrogens with zero attached hydrogens (tertiary/aromatic N) is 1. The molecule has 26 heavy (non-hydrogen) atoms. The van der Waals surface area contributed by atoms with E-state index < -0.39 is 6.10 Å². The molecule has 0 unspecified atom stereocenters. The van der Waals surface area contributed by atoms with Gasteiger partial charge in [0.2, 0.25) is 11.8 Å². The van der Waals surface area contributed by atoms with Gasteiger partial charge in [0, 0.05) is 24.8 Å². The summed E-state index contributed by atoms with van der Waals surface area (Å²) >= 11 is 0. The van der Waals surface area contributed by atoms with Crippen molar-refractivity contribution in [3.05, 3.63) is 60.2 Å². The van der Waals surface area contributed by atoms with Gasteiger partial charge in [-0.05, 0) is 36.4 Å². The van der Waals surface area contributed by atoms with E-state index in [1.54, 1.807) is 24.3 Å². The Morgan fingerprint density at radius 3 is 2.12 bits per heavy atom. The topological polar surface area (TPSA) is 81.7 Å². The fourth-order valence-electron chi connectivity index (χ4n) is 2.57. The third-order valence-corrected chi connectivity index (χ3v) is 3.92. The van der Waals surface area contributed by atoms with E-state index in [0.717, 1.165) is 5.56 Å². The van der Waals surface area contributed by atoms with Crippen molar-refractivity contribution >= 4 is 23.2 Å². The summed E-state index contributed by atoms with van der Waals surface area (Å²) in [5, 5.41) is 15.8. The molecule has 0 bridgehead atoms. The molecule has 2 aromatic carbocycles. The van der Waals surface area contributed by atoms with Crippen LogP contribution in [0.1, 0.15) is 25.5 Å². The lowest BCUT2D eigenvalue weighted by Gasteiger charge is -2.23. The Hall–Kier alpha value is -2.70. The van der Waals surface area contributed by atoms with E-state index in [1.807, 2.05) is 42.2 Å². The molecule has 0 fully saturated rings. The minimum Gasteiger partial charge on any atom is -0.387 e. The fraction of sp³-hybridized carbons (Fsp3) is 0.300. The number of benzene rings is 2. The molecule has 0 aliphatic carbocycles. The molecule has 3 N–H and O–H groups in total. The molecule has 2 amide bonds. The van der Waals surface area contributed by atoms with Gasteiger partial charge in [0.05, 0.1) is 12.6 Å². The molecule has 0 aliphatic rings. The molecule has 6 heteroatoms. The summed E-state index contributed by atoms with van der Waals surface area (Å²) in [4.78, 5) is 25.2. The average molecular weight is 355 g/mol. The Labute approximate surface area is 153 Å². The van der Waals surface area contributed by atoms with Crippen LogP contribution in [0.5, 0.6) is 0 Å². The number of likely N-dealkylation sites (N-methyl/N-ethyl adjacent to an activating group) is 1. The summed E-state index contributed by atoms with van der Waals surface area (Å²) in [7, 11) is 0. The van der Waals surface area contributed by atoms with Gasteiger partial charge in [-0.15, -0.1) is 0 Å². The maximum Gasteiger partial charge on any atom is 0.238 e. The average Bonchev–Trinajstić information content (AvgIpc) is 2.63. The molecule has 1 atom stereocenters. The summed E-state index contributed by atoms with van der Waals surface area (Å²) in [6, 6.07) is 16.3. The molecular weight excluding hydrogens is 330 g/mol. The summed E-state index contributed by atoms with van der Waals surface area (Å²) < 4.78 is 0. The van der Waals surface area contributed by atoms with Gasteiger partial charge in [0.1, 0.15) is 0 Å². The first kappa shape index (κ1) is 19.6. The lowest BCUT2D eigenvalue weighted by molar-refractivity contribution is -0.117. The first-order valence-corrected chi connectivity index (χ1v) is 8.60. The Balaban J connectivity index is 1.87. The van der Waals surface area contributed by atoms with Gasteiger partial charge in [-0.2, -0.15) is 0 Å². The van der Waals surface area contributed by atoms with E-state index in [-0.39, 0.29) is 18.4 Å². The summed E-state index contributed by atoms with van der Waals surface area (Å²) in [5.41, 5.74) is 2.17. The second-order valence-corrected chi connectivity index (χ2v) is 6.06. The first-order valence-electron chi connectivity index (χ1n) is 8.60. The highest BCUT2D eigenvalue weighted by atomic mass is 16.3. The van der Waals surface area contributed by atoms with Crippen LogP contribution in [0.3, 0.4) is 0 Å². The molecule has 0 radical (unpaired) electrons. The van der Waals surface area contributed by atoms with Crippen LogP contribution in [0.2, 0.25) is 0 Å². The van der Waals surface area contributed by atoms with Crippen molar-refractivity contribution in [1.82, 2.24) is 4.90 Å². The zero-order valence-electron chi connectivity index (χ0n) is 15.1. The van der Waals surface area contributed by atoms with Crippen LogP contribution in [-0.2, 0) is 9.59 Å². The predicted octanol–water partition coefficient (Wildman–Crippen LogP) is 2.64. The van der Waals surface area contributed by atoms with Gasteiger partial charge >= 0.3 is 0 Å². The van der Waals surface area contributed by atoms with Crippen molar-refractivity contribution < 1.29 is 14.7 Å². The standard InChI is InChI=1S/C20H25N3O3/c1-3-23(13-19(25)16-7-5-4-6-8-16)14-20(26)22-18-11-9-17(10-12-18)21-15(2)24/h4-12,19,25H,3,13-14H2,1-2H3,(H,21,24)(H,22,26)/t19-/m1/s1. The van der Waals surface area contributed by atoms with E-state index in [4.69, 9.17) is 0 Å². The van der Waals surface area contributed by atoms with Crippen molar-refractivity contribution in [2.24, 2.45) is 0 Å². The minimum atomic E-state index is -0.638. The maximum absolute atomic E-state index is 12.3. The largest absolute Gasteiger partial charge is 0.387 e. The molecule has 0 spiro atoms. The minimum absolute atomic E-state index is 0.141. The lowest BCUT2D eigenvalue weighted by Crippen LogP contribution is -2.36. The molecule has 0 aliphatic heterocycles. The van der Waals surface area contributed by atoms with Gasteiger partial charge in [0.15, 0.2) is 0 Å². The van der Waals surface area contributed by atoms with E-state index in [0.29, 0.717) is 24.5 Å². The van der Waals surface area contributed by atoms with Crippen LogP contribution in [-0.4, -0.2) is 41.5 Å². The molecule has 0 aromatic heterocycles. The smallest absolute Gasteiger partial charge is 0.238 e. The van der Waals surface area contributed by atoms with Crippen molar-refractivity contribution in [2.45, 2.75) is 20.0 Å². The number of aliphatic hydroxyl groups excluding tert-OH is 1. The monoisotopic (exact) mass is 355 g/mol. The van der Waals surface area contributed by atoms with Crippen LogP contribution < -0.4 is 10.6 Å². The van der Waals surface area contributed by atoms with Gasteiger partial charge in [0.25, 0.3) is 0 Å². The van der Waals surface area contributed by atoms with Crippen LogP contribution >= 0.6 is 0 Å². The van der Waals surface area contributed by atoms with Crippen molar-refractivity contribution in [3.63, 3.8) is 0 Å². The van der Waals surface area contributed by atoms with Crippen LogP contribution in [0.4, 0.5) is 11.4 Å². The summed E-state index contributed by atoms with van der Waals surface area (Å²) in [6.45, 7) is 4.62. The van der Waals surface area contributed by atoms with E-state index >= 15 is 0 Å². The number of hydrogen-bond acceptors (Lipinski definition) is 4. The Morgan fingerprint density at radius 1 is 1.00 bits per heavy atom. The number of nitrogens with one attached hydrogen (secondary N) is 2. The molecule has 0 saturated carbocycles. The second kappa shape index (κ2) is 9.70. The Kier molecular flexibility index (Phi) is 7.32. The Bertz CT molecular complexity index is 717. The lowest BCUT2D eigenvalue weighted by atomic mass is 10.1. The van der Waals surface area contributed by atoms with E-state index in [9.17, 15) is 14.7 Å². The van der Waals surface area contributed by atoms with Gasteiger partial charge in [-0.25, -0.2) is 0 Å². The van der Waals surface area contributed by atoms with E-state index in [2.05, 4.69) is 10.6 Å². The third-order valence-electron chi connectivity index (χ3n) is 3.92. The predicted molar refractivity (Wildman–Crippen MR) is 103 cm³/mol. The number of amides is 2. The fourth-order valence-corrected chi connectivity index (χ4v) is 2.57. The molecule has 6 nitrogen and oxygen atoms in total. The quantitative estimate of drug-likeness (QED) is 0.680. The van der Waals surface area contributed by atoms with Gasteiger partial charge < -0.3 is 15.7 Å². The first-order chi connectivity index (χ1) is 12.5. The molecule has 2 aromatic rings. The number of aliphatic hydroxyl groups is 1. The van der Waals surface area contributed by atoms with E-state index in [1.165, 1.54) is 6.92 Å². The molecule has 2 rings (SSSR count). The Morgan fingerprint density at radius 2 is 1.58 bits per heavy atom. The zero-order chi connectivity index (χ0) is 18.9. The normalized spacial score (nSPS) is 11.8. The highest BCUT2D eigenvalue weighted by Crippen LogP contribution is 2.15. The molecular formula is C20H25N3O3. The van der Waals surface area contributed by atoms with Crippen molar-refractivity contribution in [1.29, 1.82) is 0 Å². The number of anilines is 2. The molecule has 0 saturated heterocycles. The third kappa shape index (κ3) is 6.31. The van der Waals surface area contributed by atoms with Crippen molar-refractivity contribution in [3.8, 4) is 0 Å². The summed E-state index contributed by atoms with van der Waals surface area (Å²) in [6.07, 6.45) is -0.638. The molecule has 138 valence electrons. The van der Waals surface area contributed by atoms with Crippen LogP contribution in [0, 0.1) is 0 Å². The SMILES string of the molecule is CCN(CC(=O)Nc1ccc(NC(C)=O)cc1)C[C@@H](O)c1ccccc1. The number of hydrogen-bond donors (Lipinski definition) is 3. The van der Waals surface area contributed by atoms with Crippen LogP contribution in [0.25, 0.3) is 0 Å². The van der Waals surface area contributed by atoms with Crippen molar-refractivity contribution in [2.75, 3.05) is 30.3 Å². The summed E-state index contributed by atoms with van der Waals surface area (Å²) in [5.74, 6) is -0.295.